The molecular weight excluding hydrogens is 515 g/mol. The van der Waals surface area contributed by atoms with Crippen LogP contribution in [-0.4, -0.2) is 42.9 Å². The molecule has 0 aliphatic carbocycles. The van der Waals surface area contributed by atoms with Crippen LogP contribution in [0.4, 0.5) is 27.8 Å². The summed E-state index contributed by atoms with van der Waals surface area (Å²) in [7, 11) is 1.22. The summed E-state index contributed by atoms with van der Waals surface area (Å²) in [5.74, 6) is -5.77. The van der Waals surface area contributed by atoms with Crippen LogP contribution in [0.25, 0.3) is 0 Å². The third-order valence-corrected chi connectivity index (χ3v) is 5.77. The molecule has 1 aliphatic heterocycles. The normalized spacial score (nSPS) is 17.2. The second-order valence-electron chi connectivity index (χ2n) is 8.07. The second kappa shape index (κ2) is 10.3. The lowest BCUT2D eigenvalue weighted by Gasteiger charge is -2.20. The Bertz CT molecular complexity index is 1400. The van der Waals surface area contributed by atoms with Gasteiger partial charge in [-0.05, 0) is 36.4 Å². The number of carbonyl (C=O) groups excluding carboxylic acids is 2. The minimum Gasteiger partial charge on any atom is -0.497 e. The van der Waals surface area contributed by atoms with E-state index in [0.29, 0.717) is 0 Å². The molecule has 1 N–H and O–H groups in total. The van der Waals surface area contributed by atoms with E-state index in [-0.39, 0.29) is 29.2 Å². The lowest BCUT2D eigenvalue weighted by Crippen LogP contribution is -2.44. The number of hydrogen-bond acceptors (Lipinski definition) is 6. The molecule has 2 atom stereocenters. The van der Waals surface area contributed by atoms with Crippen LogP contribution in [-0.2, 0) is 4.79 Å². The number of nitriles is 1. The van der Waals surface area contributed by atoms with E-state index in [4.69, 9.17) is 4.74 Å². The summed E-state index contributed by atoms with van der Waals surface area (Å²) in [5, 5.41) is 11.8. The van der Waals surface area contributed by atoms with Crippen LogP contribution in [0.15, 0.2) is 54.7 Å². The highest BCUT2D eigenvalue weighted by molar-refractivity contribution is 6.05. The molecule has 13 heteroatoms. The molecule has 0 unspecified atom stereocenters. The van der Waals surface area contributed by atoms with Gasteiger partial charge in [0.15, 0.2) is 5.82 Å². The predicted molar refractivity (Wildman–Crippen MR) is 121 cm³/mol. The molecule has 38 heavy (non-hydrogen) atoms. The molecule has 1 aromatic heterocycles. The van der Waals surface area contributed by atoms with Gasteiger partial charge in [-0.2, -0.15) is 5.26 Å². The molecule has 0 saturated carbocycles. The van der Waals surface area contributed by atoms with Crippen LogP contribution in [0.1, 0.15) is 27.4 Å². The molecule has 0 radical (unpaired) electrons. The highest BCUT2D eigenvalue weighted by Gasteiger charge is 2.46. The summed E-state index contributed by atoms with van der Waals surface area (Å²) in [5.41, 5.74) is -0.631. The quantitative estimate of drug-likeness (QED) is 0.480. The van der Waals surface area contributed by atoms with Crippen molar-refractivity contribution in [1.29, 1.82) is 5.26 Å². The molecule has 3 aromatic rings. The van der Waals surface area contributed by atoms with Crippen LogP contribution in [0.5, 0.6) is 11.5 Å². The Morgan fingerprint density at radius 2 is 1.79 bits per heavy atom. The molecule has 1 aliphatic rings. The van der Waals surface area contributed by atoms with E-state index >= 15 is 8.78 Å². The zero-order valence-electron chi connectivity index (χ0n) is 19.4. The maximum absolute atomic E-state index is 15.0. The first kappa shape index (κ1) is 26.3. The lowest BCUT2D eigenvalue weighted by molar-refractivity contribution is -0.274. The number of aromatic nitrogens is 1. The van der Waals surface area contributed by atoms with Gasteiger partial charge in [0, 0.05) is 41.9 Å². The summed E-state index contributed by atoms with van der Waals surface area (Å²) in [6, 6.07) is 8.95. The third kappa shape index (κ3) is 5.34. The summed E-state index contributed by atoms with van der Waals surface area (Å²) < 4.78 is 76.0. The van der Waals surface area contributed by atoms with Crippen LogP contribution in [0.2, 0.25) is 0 Å². The van der Waals surface area contributed by atoms with Gasteiger partial charge in [0.25, 0.3) is 11.8 Å². The molecule has 196 valence electrons. The Labute approximate surface area is 212 Å². The number of methoxy groups -OCH3 is 1. The minimum absolute atomic E-state index is 0.0162. The smallest absolute Gasteiger partial charge is 0.497 e. The molecular formula is C25H17F5N4O4. The Hall–Kier alpha value is -4.73. The number of carbonyl (C=O) groups is 2. The number of hydrogen-bond donors (Lipinski definition) is 1. The number of rotatable bonds is 6. The van der Waals surface area contributed by atoms with Crippen molar-refractivity contribution in [3.05, 3.63) is 83.1 Å². The fraction of sp³-hybridized carbons (Fsp3) is 0.200. The van der Waals surface area contributed by atoms with Crippen LogP contribution >= 0.6 is 0 Å². The van der Waals surface area contributed by atoms with Crippen LogP contribution < -0.4 is 19.7 Å². The number of benzene rings is 2. The highest BCUT2D eigenvalue weighted by atomic mass is 19.4. The second-order valence-corrected chi connectivity index (χ2v) is 8.07. The van der Waals surface area contributed by atoms with Gasteiger partial charge in [-0.3, -0.25) is 14.5 Å². The van der Waals surface area contributed by atoms with Gasteiger partial charge >= 0.3 is 6.36 Å². The van der Waals surface area contributed by atoms with Crippen molar-refractivity contribution in [2.45, 2.75) is 18.3 Å². The number of halogens is 5. The van der Waals surface area contributed by atoms with Gasteiger partial charge in [0.05, 0.1) is 12.7 Å². The van der Waals surface area contributed by atoms with Gasteiger partial charge in [-0.15, -0.1) is 13.2 Å². The maximum Gasteiger partial charge on any atom is 0.573 e. The maximum atomic E-state index is 15.0. The predicted octanol–water partition coefficient (Wildman–Crippen LogP) is 4.07. The zero-order valence-corrected chi connectivity index (χ0v) is 19.4. The van der Waals surface area contributed by atoms with Crippen molar-refractivity contribution in [3.8, 4) is 17.6 Å². The molecule has 8 nitrogen and oxygen atoms in total. The molecule has 1 fully saturated rings. The first-order valence-electron chi connectivity index (χ1n) is 10.9. The largest absolute Gasteiger partial charge is 0.573 e. The van der Waals surface area contributed by atoms with Gasteiger partial charge in [-0.1, -0.05) is 0 Å². The summed E-state index contributed by atoms with van der Waals surface area (Å²) >= 11 is 0. The molecule has 0 bridgehead atoms. The SMILES string of the molecule is COc1cc(F)c([C@@H]2CN(c3ncccc3C#N)C(=O)[C@H]2NC(=O)c2ccc(OC(F)(F)F)cc2)c(F)c1. The van der Waals surface area contributed by atoms with Crippen molar-refractivity contribution >= 4 is 17.6 Å². The number of anilines is 1. The standard InChI is InChI=1S/C25H17F5N4O4/c1-37-16-9-18(26)20(19(27)10-16)17-12-34(22-14(11-31)3-2-8-32-22)24(36)21(17)33-23(35)13-4-6-15(7-5-13)38-25(28,29)30/h2-10,17,21H,12H2,1H3,(H,33,35)/t17-,21-/m0/s1. The van der Waals surface area contributed by atoms with E-state index in [1.54, 1.807) is 0 Å². The summed E-state index contributed by atoms with van der Waals surface area (Å²) in [6.45, 7) is -0.339. The Morgan fingerprint density at radius 3 is 2.37 bits per heavy atom. The molecule has 4 rings (SSSR count). The highest BCUT2D eigenvalue weighted by Crippen LogP contribution is 2.37. The third-order valence-electron chi connectivity index (χ3n) is 5.77. The van der Waals surface area contributed by atoms with Gasteiger partial charge in [-0.25, -0.2) is 13.8 Å². The number of pyridine rings is 1. The fourth-order valence-electron chi connectivity index (χ4n) is 4.11. The average Bonchev–Trinajstić information content (AvgIpc) is 3.18. The van der Waals surface area contributed by atoms with E-state index in [2.05, 4.69) is 15.0 Å². The van der Waals surface area contributed by atoms with E-state index in [0.717, 1.165) is 41.3 Å². The van der Waals surface area contributed by atoms with Gasteiger partial charge in [0.2, 0.25) is 0 Å². The molecule has 0 spiro atoms. The number of amides is 2. The number of nitrogens with one attached hydrogen (secondary N) is 1. The zero-order chi connectivity index (χ0) is 27.6. The van der Waals surface area contributed by atoms with Gasteiger partial charge in [0.1, 0.15) is 35.2 Å². The van der Waals surface area contributed by atoms with Gasteiger partial charge < -0.3 is 14.8 Å². The van der Waals surface area contributed by atoms with Crippen molar-refractivity contribution in [3.63, 3.8) is 0 Å². The van der Waals surface area contributed by atoms with E-state index in [1.165, 1.54) is 25.4 Å². The molecule has 1 saturated heterocycles. The van der Waals surface area contributed by atoms with Crippen molar-refractivity contribution in [2.75, 3.05) is 18.6 Å². The van der Waals surface area contributed by atoms with Crippen LogP contribution in [0, 0.1) is 23.0 Å². The molecule has 2 aromatic carbocycles. The number of ether oxygens (including phenoxy) is 2. The lowest BCUT2D eigenvalue weighted by atomic mass is 9.92. The van der Waals surface area contributed by atoms with Crippen molar-refractivity contribution < 1.29 is 41.0 Å². The van der Waals surface area contributed by atoms with E-state index < -0.39 is 53.1 Å². The topological polar surface area (TPSA) is 105 Å². The fourth-order valence-corrected chi connectivity index (χ4v) is 4.11. The monoisotopic (exact) mass is 532 g/mol. The Kier molecular flexibility index (Phi) is 7.16. The first-order valence-corrected chi connectivity index (χ1v) is 10.9. The molecule has 2 heterocycles. The molecule has 2 amide bonds. The van der Waals surface area contributed by atoms with E-state index in [1.807, 2.05) is 6.07 Å². The Morgan fingerprint density at radius 1 is 1.13 bits per heavy atom. The summed E-state index contributed by atoms with van der Waals surface area (Å²) in [4.78, 5) is 31.5. The van der Waals surface area contributed by atoms with Crippen molar-refractivity contribution in [2.24, 2.45) is 0 Å². The van der Waals surface area contributed by atoms with Crippen LogP contribution in [0.3, 0.4) is 0 Å². The Balaban J connectivity index is 1.70. The van der Waals surface area contributed by atoms with Crippen molar-refractivity contribution in [1.82, 2.24) is 10.3 Å². The first-order chi connectivity index (χ1) is 18.0. The van der Waals surface area contributed by atoms with E-state index in [9.17, 15) is 28.0 Å². The average molecular weight is 532 g/mol. The minimum atomic E-state index is -4.93. The number of alkyl halides is 3. The summed E-state index contributed by atoms with van der Waals surface area (Å²) in [6.07, 6.45) is -3.61. The number of nitrogens with zero attached hydrogens (tertiary/aromatic N) is 3.